The molecule has 2 N–H and O–H groups in total. The molecule has 1 aliphatic heterocycles. The summed E-state index contributed by atoms with van der Waals surface area (Å²) in [6.45, 7) is 7.44. The zero-order valence-electron chi connectivity index (χ0n) is 11.7. The maximum absolute atomic E-state index is 9.88. The first kappa shape index (κ1) is 13.4. The van der Waals surface area contributed by atoms with Crippen molar-refractivity contribution in [3.05, 3.63) is 0 Å². The molecule has 1 saturated heterocycles. The van der Waals surface area contributed by atoms with Crippen molar-refractivity contribution in [1.82, 2.24) is 5.32 Å². The van der Waals surface area contributed by atoms with Crippen LogP contribution in [-0.2, 0) is 0 Å². The number of rotatable bonds is 3. The van der Waals surface area contributed by atoms with Crippen LogP contribution in [0.2, 0.25) is 0 Å². The molecule has 1 unspecified atom stereocenters. The Balaban J connectivity index is 1.93. The van der Waals surface area contributed by atoms with Gasteiger partial charge in [-0.15, -0.1) is 0 Å². The zero-order chi connectivity index (χ0) is 12.5. The highest BCUT2D eigenvalue weighted by atomic mass is 16.3. The van der Waals surface area contributed by atoms with Gasteiger partial charge in [0.15, 0.2) is 0 Å². The van der Waals surface area contributed by atoms with Gasteiger partial charge < -0.3 is 10.4 Å². The van der Waals surface area contributed by atoms with E-state index in [9.17, 15) is 5.11 Å². The van der Waals surface area contributed by atoms with Gasteiger partial charge in [0.2, 0.25) is 0 Å². The highest BCUT2D eigenvalue weighted by Crippen LogP contribution is 2.43. The van der Waals surface area contributed by atoms with Gasteiger partial charge in [0, 0.05) is 6.04 Å². The largest absolute Gasteiger partial charge is 0.390 e. The molecule has 0 amide bonds. The highest BCUT2D eigenvalue weighted by molar-refractivity contribution is 4.91. The Bertz CT molecular complexity index is 246. The van der Waals surface area contributed by atoms with Gasteiger partial charge in [-0.1, -0.05) is 12.8 Å². The molecule has 4 atom stereocenters. The smallest absolute Gasteiger partial charge is 0.0591 e. The van der Waals surface area contributed by atoms with Crippen LogP contribution in [0.1, 0.15) is 59.3 Å². The van der Waals surface area contributed by atoms with Gasteiger partial charge in [0.05, 0.1) is 5.60 Å². The summed E-state index contributed by atoms with van der Waals surface area (Å²) < 4.78 is 0. The van der Waals surface area contributed by atoms with Crippen LogP contribution in [-0.4, -0.2) is 23.3 Å². The van der Waals surface area contributed by atoms with E-state index in [0.717, 1.165) is 24.2 Å². The van der Waals surface area contributed by atoms with E-state index in [1.807, 2.05) is 13.8 Å². The number of hydrogen-bond acceptors (Lipinski definition) is 2. The Labute approximate surface area is 106 Å². The second-order valence-corrected chi connectivity index (χ2v) is 6.90. The van der Waals surface area contributed by atoms with Crippen molar-refractivity contribution < 1.29 is 5.11 Å². The summed E-state index contributed by atoms with van der Waals surface area (Å²) in [6, 6.07) is 0.707. The summed E-state index contributed by atoms with van der Waals surface area (Å²) in [4.78, 5) is 0. The molecule has 1 heterocycles. The van der Waals surface area contributed by atoms with Crippen LogP contribution in [0.4, 0.5) is 0 Å². The van der Waals surface area contributed by atoms with Gasteiger partial charge in [-0.2, -0.15) is 0 Å². The summed E-state index contributed by atoms with van der Waals surface area (Å²) >= 11 is 0. The van der Waals surface area contributed by atoms with Crippen LogP contribution in [0.15, 0.2) is 0 Å². The van der Waals surface area contributed by atoms with Gasteiger partial charge >= 0.3 is 0 Å². The maximum atomic E-state index is 9.88. The van der Waals surface area contributed by atoms with Crippen molar-refractivity contribution in [2.75, 3.05) is 6.54 Å². The van der Waals surface area contributed by atoms with E-state index in [4.69, 9.17) is 0 Å². The lowest BCUT2D eigenvalue weighted by molar-refractivity contribution is 0.0354. The third kappa shape index (κ3) is 3.45. The molecule has 1 aliphatic carbocycles. The topological polar surface area (TPSA) is 32.3 Å². The fraction of sp³-hybridized carbons (Fsp3) is 1.00. The number of nitrogens with one attached hydrogen (secondary N) is 1. The molecule has 0 radical (unpaired) electrons. The molecule has 0 bridgehead atoms. The van der Waals surface area contributed by atoms with E-state index in [1.165, 1.54) is 38.6 Å². The lowest BCUT2D eigenvalue weighted by Crippen LogP contribution is -2.48. The van der Waals surface area contributed by atoms with Crippen molar-refractivity contribution in [3.8, 4) is 0 Å². The maximum Gasteiger partial charge on any atom is 0.0591 e. The first-order chi connectivity index (χ1) is 7.97. The second kappa shape index (κ2) is 5.27. The fourth-order valence-electron chi connectivity index (χ4n) is 3.99. The molecular formula is C15H29NO. The molecule has 1 saturated carbocycles. The lowest BCUT2D eigenvalue weighted by Gasteiger charge is -2.45. The normalized spacial score (nSPS) is 38.8. The summed E-state index contributed by atoms with van der Waals surface area (Å²) in [5.41, 5.74) is -0.481. The Morgan fingerprint density at radius 1 is 1.18 bits per heavy atom. The Hall–Kier alpha value is -0.0800. The standard InChI is InChI=1S/C15H29NO/c1-11-13-6-4-5-12(7-9-15(2,3)17)14(13)8-10-16-11/h11-14,16-17H,4-10H2,1-3H3/t11-,12?,13+,14-/m0/s1. The van der Waals surface area contributed by atoms with Crippen LogP contribution >= 0.6 is 0 Å². The minimum Gasteiger partial charge on any atom is -0.390 e. The van der Waals surface area contributed by atoms with Crippen molar-refractivity contribution in [2.24, 2.45) is 17.8 Å². The molecule has 0 aromatic carbocycles. The molecule has 2 nitrogen and oxygen atoms in total. The van der Waals surface area contributed by atoms with Crippen molar-refractivity contribution in [2.45, 2.75) is 70.9 Å². The summed E-state index contributed by atoms with van der Waals surface area (Å²) in [5.74, 6) is 2.68. The summed E-state index contributed by atoms with van der Waals surface area (Å²) in [7, 11) is 0. The molecule has 2 heteroatoms. The lowest BCUT2D eigenvalue weighted by atomic mass is 9.65. The van der Waals surface area contributed by atoms with E-state index in [2.05, 4.69) is 12.2 Å². The van der Waals surface area contributed by atoms with E-state index in [0.29, 0.717) is 6.04 Å². The summed E-state index contributed by atoms with van der Waals surface area (Å²) in [5, 5.41) is 13.5. The predicted octanol–water partition coefficient (Wildman–Crippen LogP) is 2.95. The Morgan fingerprint density at radius 2 is 1.94 bits per heavy atom. The van der Waals surface area contributed by atoms with Gasteiger partial charge in [-0.3, -0.25) is 0 Å². The van der Waals surface area contributed by atoms with E-state index < -0.39 is 5.60 Å². The third-order valence-corrected chi connectivity index (χ3v) is 4.98. The molecule has 2 fully saturated rings. The van der Waals surface area contributed by atoms with Gasteiger partial charge in [0.1, 0.15) is 0 Å². The van der Waals surface area contributed by atoms with E-state index in [-0.39, 0.29) is 0 Å². The monoisotopic (exact) mass is 239 g/mol. The van der Waals surface area contributed by atoms with Crippen molar-refractivity contribution >= 4 is 0 Å². The first-order valence-corrected chi connectivity index (χ1v) is 7.43. The Kier molecular flexibility index (Phi) is 4.14. The van der Waals surface area contributed by atoms with Crippen molar-refractivity contribution in [3.63, 3.8) is 0 Å². The zero-order valence-corrected chi connectivity index (χ0v) is 11.7. The van der Waals surface area contributed by atoms with Crippen LogP contribution in [0.25, 0.3) is 0 Å². The molecule has 100 valence electrons. The van der Waals surface area contributed by atoms with Crippen molar-refractivity contribution in [1.29, 1.82) is 0 Å². The minimum absolute atomic E-state index is 0.481. The van der Waals surface area contributed by atoms with E-state index in [1.54, 1.807) is 0 Å². The highest BCUT2D eigenvalue weighted by Gasteiger charge is 2.38. The van der Waals surface area contributed by atoms with Crippen LogP contribution in [0.3, 0.4) is 0 Å². The van der Waals surface area contributed by atoms with Gasteiger partial charge in [-0.25, -0.2) is 0 Å². The van der Waals surface area contributed by atoms with Gasteiger partial charge in [-0.05, 0) is 70.8 Å². The minimum atomic E-state index is -0.481. The SMILES string of the molecule is C[C@@H]1NCC[C@H]2C(CCC(C)(C)O)CCC[C@H]12. The quantitative estimate of drug-likeness (QED) is 0.793. The van der Waals surface area contributed by atoms with Crippen LogP contribution in [0, 0.1) is 17.8 Å². The molecule has 0 spiro atoms. The molecule has 2 aliphatic rings. The average Bonchev–Trinajstić information content (AvgIpc) is 2.26. The molecule has 0 aromatic rings. The first-order valence-electron chi connectivity index (χ1n) is 7.43. The number of piperidine rings is 1. The molecule has 2 rings (SSSR count). The average molecular weight is 239 g/mol. The predicted molar refractivity (Wildman–Crippen MR) is 71.9 cm³/mol. The Morgan fingerprint density at radius 3 is 2.65 bits per heavy atom. The molecule has 17 heavy (non-hydrogen) atoms. The fourth-order valence-corrected chi connectivity index (χ4v) is 3.99. The third-order valence-electron chi connectivity index (χ3n) is 4.98. The molecular weight excluding hydrogens is 210 g/mol. The van der Waals surface area contributed by atoms with E-state index >= 15 is 0 Å². The number of hydrogen-bond donors (Lipinski definition) is 2. The number of aliphatic hydroxyl groups is 1. The van der Waals surface area contributed by atoms with Crippen LogP contribution in [0.5, 0.6) is 0 Å². The van der Waals surface area contributed by atoms with Crippen LogP contribution < -0.4 is 5.32 Å². The van der Waals surface area contributed by atoms with Gasteiger partial charge in [0.25, 0.3) is 0 Å². The molecule has 0 aromatic heterocycles. The second-order valence-electron chi connectivity index (χ2n) is 6.90. The summed E-state index contributed by atoms with van der Waals surface area (Å²) in [6.07, 6.45) is 7.73. The number of fused-ring (bicyclic) bond motifs is 1.